The lowest BCUT2D eigenvalue weighted by Gasteiger charge is -2.15. The van der Waals surface area contributed by atoms with E-state index in [-0.39, 0.29) is 91.5 Å². The molecule has 4 aromatic heterocycles. The first-order valence-electron chi connectivity index (χ1n) is 16.0. The number of H-pyrrole nitrogens is 2. The Labute approximate surface area is 282 Å². The van der Waals surface area contributed by atoms with Crippen molar-refractivity contribution in [2.24, 2.45) is 5.92 Å². The number of anilines is 2. The van der Waals surface area contributed by atoms with Gasteiger partial charge >= 0.3 is 17.3 Å². The first-order chi connectivity index (χ1) is 24.1. The van der Waals surface area contributed by atoms with E-state index in [2.05, 4.69) is 40.5 Å². The lowest BCUT2D eigenvalue weighted by molar-refractivity contribution is -0.142. The Bertz CT molecular complexity index is 2250. The van der Waals surface area contributed by atoms with Crippen molar-refractivity contribution < 1.29 is 18.7 Å². The molecule has 264 valence electrons. The number of hydrogen-bond acceptors (Lipinski definition) is 13. The second-order valence-corrected chi connectivity index (χ2v) is 11.5. The molecule has 0 aliphatic rings. The minimum absolute atomic E-state index is 0.0345. The molecule has 0 aliphatic carbocycles. The Hall–Kier alpha value is -5.78. The van der Waals surface area contributed by atoms with E-state index in [4.69, 9.17) is 9.47 Å². The van der Waals surface area contributed by atoms with Gasteiger partial charge in [0.25, 0.3) is 11.1 Å². The minimum atomic E-state index is -0.658. The van der Waals surface area contributed by atoms with E-state index in [1.165, 1.54) is 25.6 Å². The number of aromatic nitrogens is 8. The number of rotatable bonds is 16. The normalized spacial score (nSPS) is 11.9. The molecule has 0 saturated carbocycles. The third-order valence-electron chi connectivity index (χ3n) is 7.78. The van der Waals surface area contributed by atoms with Crippen molar-refractivity contribution in [2.45, 2.75) is 46.2 Å². The Morgan fingerprint density at radius 1 is 0.940 bits per heavy atom. The van der Waals surface area contributed by atoms with Crippen LogP contribution < -0.4 is 33.1 Å². The van der Waals surface area contributed by atoms with E-state index < -0.39 is 28.3 Å². The molecule has 0 amide bonds. The number of methoxy groups -OCH3 is 1. The molecular formula is C32H37FN10O7. The number of benzene rings is 1. The van der Waals surface area contributed by atoms with Crippen LogP contribution in [0, 0.1) is 11.7 Å². The molecule has 18 heteroatoms. The highest BCUT2D eigenvalue weighted by Crippen LogP contribution is 2.17. The first-order valence-corrected chi connectivity index (χ1v) is 16.0. The van der Waals surface area contributed by atoms with Gasteiger partial charge in [0.2, 0.25) is 11.9 Å². The predicted octanol–water partition coefficient (Wildman–Crippen LogP) is 0.957. The summed E-state index contributed by atoms with van der Waals surface area (Å²) >= 11 is 0. The summed E-state index contributed by atoms with van der Waals surface area (Å²) in [6.45, 7) is 4.68. The Balaban J connectivity index is 1.17. The number of carbonyl (C=O) groups is 1. The van der Waals surface area contributed by atoms with E-state index in [0.29, 0.717) is 24.1 Å². The standard InChI is InChI=1S/C32H37FN10O7/c1-4-50-24(44)8-10-35-30-37-16-22-26(39-30)41-32(48)43(28(22)46)17-18(2)13-20-6-5-19(14-23(20)33)7-9-34-29-36-15-21-25(38-29)40-31(47)42(27(21)45)11-12-49-3/h5-6,14-16,18H,4,7-13,17H2,1-3H3,(H2,34,36,38,40,47)(H2,35,37,39,41,48). The van der Waals surface area contributed by atoms with Crippen LogP contribution >= 0.6 is 0 Å². The summed E-state index contributed by atoms with van der Waals surface area (Å²) < 4.78 is 27.0. The fourth-order valence-corrected chi connectivity index (χ4v) is 5.29. The summed E-state index contributed by atoms with van der Waals surface area (Å²) in [4.78, 5) is 84.3. The number of hydrogen-bond donors (Lipinski definition) is 4. The number of nitrogens with one attached hydrogen (secondary N) is 4. The molecule has 4 N–H and O–H groups in total. The van der Waals surface area contributed by atoms with E-state index in [1.807, 2.05) is 6.92 Å². The molecule has 0 bridgehead atoms. The van der Waals surface area contributed by atoms with Crippen molar-refractivity contribution in [1.29, 1.82) is 0 Å². The number of esters is 1. The third kappa shape index (κ3) is 8.43. The molecule has 17 nitrogen and oxygen atoms in total. The van der Waals surface area contributed by atoms with Gasteiger partial charge in [0.05, 0.1) is 26.2 Å². The Morgan fingerprint density at radius 2 is 1.56 bits per heavy atom. The molecule has 50 heavy (non-hydrogen) atoms. The van der Waals surface area contributed by atoms with Crippen LogP contribution in [0.15, 0.2) is 49.8 Å². The summed E-state index contributed by atoms with van der Waals surface area (Å²) in [6.07, 6.45) is 3.43. The number of halogens is 1. The van der Waals surface area contributed by atoms with Crippen LogP contribution in [0.3, 0.4) is 0 Å². The first kappa shape index (κ1) is 35.5. The van der Waals surface area contributed by atoms with Crippen LogP contribution in [0.4, 0.5) is 16.3 Å². The van der Waals surface area contributed by atoms with Gasteiger partial charge < -0.3 is 20.1 Å². The lowest BCUT2D eigenvalue weighted by Crippen LogP contribution is -2.37. The highest BCUT2D eigenvalue weighted by Gasteiger charge is 2.16. The van der Waals surface area contributed by atoms with Crippen LogP contribution in [0.5, 0.6) is 0 Å². The van der Waals surface area contributed by atoms with Gasteiger partial charge in [-0.25, -0.2) is 23.9 Å². The van der Waals surface area contributed by atoms with E-state index in [0.717, 1.165) is 9.13 Å². The maximum absolute atomic E-state index is 15.1. The van der Waals surface area contributed by atoms with Crippen molar-refractivity contribution >= 4 is 39.9 Å². The van der Waals surface area contributed by atoms with Crippen molar-refractivity contribution in [3.63, 3.8) is 0 Å². The van der Waals surface area contributed by atoms with Gasteiger partial charge in [-0.05, 0) is 42.9 Å². The number of aromatic amines is 2. The summed E-state index contributed by atoms with van der Waals surface area (Å²) in [5.74, 6) is -0.739. The number of ether oxygens (including phenoxy) is 2. The zero-order valence-electron chi connectivity index (χ0n) is 27.7. The van der Waals surface area contributed by atoms with Gasteiger partial charge in [0, 0.05) is 39.1 Å². The second-order valence-electron chi connectivity index (χ2n) is 11.5. The van der Waals surface area contributed by atoms with Crippen LogP contribution in [0.2, 0.25) is 0 Å². The fourth-order valence-electron chi connectivity index (χ4n) is 5.29. The highest BCUT2D eigenvalue weighted by atomic mass is 19.1. The van der Waals surface area contributed by atoms with Crippen molar-refractivity contribution in [3.8, 4) is 0 Å². The van der Waals surface area contributed by atoms with Gasteiger partial charge in [-0.2, -0.15) is 9.97 Å². The maximum Gasteiger partial charge on any atom is 0.330 e. The molecule has 5 aromatic rings. The average molecular weight is 693 g/mol. The fraction of sp³-hybridized carbons (Fsp3) is 0.406. The van der Waals surface area contributed by atoms with E-state index >= 15 is 4.39 Å². The Kier molecular flexibility index (Phi) is 11.4. The quantitative estimate of drug-likeness (QED) is 0.106. The van der Waals surface area contributed by atoms with Crippen LogP contribution in [0.1, 0.15) is 31.4 Å². The molecule has 1 aromatic carbocycles. The lowest BCUT2D eigenvalue weighted by atomic mass is 9.98. The smallest absolute Gasteiger partial charge is 0.330 e. The molecule has 5 rings (SSSR count). The number of nitrogens with zero attached hydrogens (tertiary/aromatic N) is 6. The minimum Gasteiger partial charge on any atom is -0.466 e. The molecule has 0 radical (unpaired) electrons. The third-order valence-corrected chi connectivity index (χ3v) is 7.78. The SMILES string of the molecule is CCOC(=O)CCNc1ncc2c(=O)n(CC(C)Cc3ccc(CCNc4ncc5c(=O)n(CCOC)c(=O)[nH]c5n4)cc3F)c(=O)[nH]c2n1. The molecule has 0 fully saturated rings. The van der Waals surface area contributed by atoms with Gasteiger partial charge in [0.1, 0.15) is 16.6 Å². The van der Waals surface area contributed by atoms with Crippen molar-refractivity contribution in [3.05, 3.63) is 89.2 Å². The largest absolute Gasteiger partial charge is 0.466 e. The van der Waals surface area contributed by atoms with Gasteiger partial charge in [-0.1, -0.05) is 19.1 Å². The van der Waals surface area contributed by atoms with E-state index in [1.54, 1.807) is 19.1 Å². The number of carbonyl (C=O) groups excluding carboxylic acids is 1. The topological polar surface area (TPSA) is 221 Å². The second kappa shape index (κ2) is 16.1. The molecule has 1 unspecified atom stereocenters. The Morgan fingerprint density at radius 3 is 2.18 bits per heavy atom. The monoisotopic (exact) mass is 692 g/mol. The van der Waals surface area contributed by atoms with Gasteiger partial charge in [-0.15, -0.1) is 0 Å². The summed E-state index contributed by atoms with van der Waals surface area (Å²) in [7, 11) is 1.47. The molecule has 0 saturated heterocycles. The molecular weight excluding hydrogens is 655 g/mol. The predicted molar refractivity (Wildman–Crippen MR) is 182 cm³/mol. The highest BCUT2D eigenvalue weighted by molar-refractivity contribution is 5.74. The molecule has 4 heterocycles. The van der Waals surface area contributed by atoms with Crippen LogP contribution in [0.25, 0.3) is 22.1 Å². The van der Waals surface area contributed by atoms with Crippen LogP contribution in [-0.4, -0.2) is 78.4 Å². The van der Waals surface area contributed by atoms with Crippen molar-refractivity contribution in [2.75, 3.05) is 44.0 Å². The zero-order valence-corrected chi connectivity index (χ0v) is 27.7. The van der Waals surface area contributed by atoms with Crippen LogP contribution in [-0.2, 0) is 40.2 Å². The average Bonchev–Trinajstić information content (AvgIpc) is 3.07. The summed E-state index contributed by atoms with van der Waals surface area (Å²) in [5, 5.41) is 6.15. The molecule has 1 atom stereocenters. The number of fused-ring (bicyclic) bond motifs is 2. The molecule has 0 spiro atoms. The van der Waals surface area contributed by atoms with Crippen molar-refractivity contribution in [1.82, 2.24) is 39.0 Å². The maximum atomic E-state index is 15.1. The van der Waals surface area contributed by atoms with Gasteiger partial charge in [0.15, 0.2) is 11.3 Å². The van der Waals surface area contributed by atoms with Gasteiger partial charge in [-0.3, -0.25) is 33.5 Å². The molecule has 0 aliphatic heterocycles. The zero-order chi connectivity index (χ0) is 35.8. The van der Waals surface area contributed by atoms with E-state index in [9.17, 15) is 24.0 Å². The summed E-state index contributed by atoms with van der Waals surface area (Å²) in [6, 6.07) is 4.89. The summed E-state index contributed by atoms with van der Waals surface area (Å²) in [5.41, 5.74) is -1.06.